The van der Waals surface area contributed by atoms with Gasteiger partial charge in [0.15, 0.2) is 6.07 Å². The number of amides is 4. The number of carbonyl (C=O) groups is 6. The quantitative estimate of drug-likeness (QED) is 0.0190. The van der Waals surface area contributed by atoms with E-state index >= 15 is 0 Å². The molecule has 3 N–H and O–H groups in total. The summed E-state index contributed by atoms with van der Waals surface area (Å²) < 4.78 is 15.1. The Bertz CT molecular complexity index is 2280. The second-order valence-electron chi connectivity index (χ2n) is 24.1. The number of benzene rings is 2. The number of esters is 1. The van der Waals surface area contributed by atoms with Gasteiger partial charge in [-0.3, -0.25) is 29.0 Å². The average molecular weight is 1260 g/mol. The van der Waals surface area contributed by atoms with Crippen molar-refractivity contribution in [2.24, 2.45) is 0 Å². The topological polar surface area (TPSA) is 181 Å². The molecule has 0 aromatic heterocycles. The van der Waals surface area contributed by atoms with Gasteiger partial charge in [0.2, 0.25) is 18.6 Å². The maximum absolute atomic E-state index is 12.7. The van der Waals surface area contributed by atoms with E-state index in [9.17, 15) is 28.8 Å². The molecule has 4 amide bonds. The summed E-state index contributed by atoms with van der Waals surface area (Å²) in [5.41, 5.74) is 4.71. The molecule has 2 aromatic rings. The number of aliphatic carboxylic acids is 1. The van der Waals surface area contributed by atoms with Crippen LogP contribution >= 0.6 is 11.6 Å². The lowest BCUT2D eigenvalue weighted by atomic mass is 10.0. The van der Waals surface area contributed by atoms with Gasteiger partial charge in [-0.1, -0.05) is 266 Å². The molecule has 0 unspecified atom stereocenters. The molecule has 15 heteroatoms. The fraction of sp³-hybridized carbons (Fsp3) is 0.703. The van der Waals surface area contributed by atoms with E-state index < -0.39 is 30.9 Å². The smallest absolute Gasteiger partial charge is 0.413 e. The van der Waals surface area contributed by atoms with E-state index in [4.69, 9.17) is 43.8 Å². The van der Waals surface area contributed by atoms with Gasteiger partial charge in [-0.15, -0.1) is 12.8 Å². The standard InChI is InChI=1S/C37H58N2O5.C23H45NO3.C14H14ClNO2/c1-3-5-6-7-8-9-10-11-12-13-14-15-16-17-18-25-35(40)38-29-22-21-26-36(41)43-31-44-37(42)39(30-4-2)34-28-27-32-23-19-20-24-33(32)34;1-2-3-4-5-6-7-8-9-10-11-12-13-14-15-16-19-22(25)24-21-18-17-20-23(26)27;1-2-9-16(14(17)18-10-15)13-8-7-11-5-3-4-6-12(11)13/h2,19-20,23-24,34H,3,5-18,21-22,25-31H2,1H3,(H,38,40);2-21H2,1H3,(H,24,25)(H,26,27);1,3-6,13H,7-10H2/t34-;;13-/m1.1/s1. The molecule has 2 aromatic carbocycles. The molecule has 0 fully saturated rings. The Morgan fingerprint density at radius 1 is 0.472 bits per heavy atom. The summed E-state index contributed by atoms with van der Waals surface area (Å²) in [5.74, 6) is 4.01. The summed E-state index contributed by atoms with van der Waals surface area (Å²) >= 11 is 5.43. The Morgan fingerprint density at radius 2 is 0.809 bits per heavy atom. The summed E-state index contributed by atoms with van der Waals surface area (Å²) in [6.07, 6.45) is 57.2. The third-order valence-electron chi connectivity index (χ3n) is 16.8. The zero-order valence-corrected chi connectivity index (χ0v) is 56.0. The minimum atomic E-state index is -0.765. The number of nitrogens with one attached hydrogen (secondary N) is 2. The Balaban J connectivity index is 0.000000506. The number of hydrogen-bond acceptors (Lipinski definition) is 9. The van der Waals surface area contributed by atoms with Crippen molar-refractivity contribution in [1.29, 1.82) is 0 Å². The number of alkyl halides is 1. The fourth-order valence-corrected chi connectivity index (χ4v) is 11.8. The molecule has 4 rings (SSSR count). The van der Waals surface area contributed by atoms with Crippen molar-refractivity contribution >= 4 is 47.5 Å². The van der Waals surface area contributed by atoms with E-state index in [1.807, 2.05) is 36.4 Å². The van der Waals surface area contributed by atoms with Gasteiger partial charge in [0.25, 0.3) is 0 Å². The van der Waals surface area contributed by atoms with Crippen LogP contribution in [0.4, 0.5) is 9.59 Å². The molecule has 14 nitrogen and oxygen atoms in total. The first kappa shape index (κ1) is 79.4. The van der Waals surface area contributed by atoms with E-state index in [1.54, 1.807) is 4.90 Å². The number of hydrogen-bond donors (Lipinski definition) is 3. The van der Waals surface area contributed by atoms with Crippen molar-refractivity contribution in [3.63, 3.8) is 0 Å². The number of fused-ring (bicyclic) bond motifs is 2. The molecule has 2 aliphatic rings. The first-order valence-electron chi connectivity index (χ1n) is 34.9. The third kappa shape index (κ3) is 39.9. The summed E-state index contributed by atoms with van der Waals surface area (Å²) in [6.45, 7) is 5.60. The van der Waals surface area contributed by atoms with Crippen LogP contribution in [0.1, 0.15) is 305 Å². The molecule has 0 aliphatic heterocycles. The lowest BCUT2D eigenvalue weighted by Crippen LogP contribution is -2.35. The first-order valence-corrected chi connectivity index (χ1v) is 35.4. The second kappa shape index (κ2) is 55.1. The van der Waals surface area contributed by atoms with Crippen LogP contribution in [0, 0.1) is 24.7 Å². The van der Waals surface area contributed by atoms with Gasteiger partial charge in [-0.2, -0.15) is 0 Å². The van der Waals surface area contributed by atoms with Crippen LogP contribution in [0.3, 0.4) is 0 Å². The number of ether oxygens (including phenoxy) is 3. The maximum atomic E-state index is 12.7. The van der Waals surface area contributed by atoms with Crippen molar-refractivity contribution in [1.82, 2.24) is 20.4 Å². The van der Waals surface area contributed by atoms with Crippen molar-refractivity contribution < 1.29 is 48.1 Å². The van der Waals surface area contributed by atoms with Gasteiger partial charge >= 0.3 is 24.1 Å². The van der Waals surface area contributed by atoms with E-state index in [2.05, 4.69) is 48.5 Å². The van der Waals surface area contributed by atoms with Gasteiger partial charge < -0.3 is 30.0 Å². The molecule has 0 heterocycles. The fourth-order valence-electron chi connectivity index (χ4n) is 11.7. The van der Waals surface area contributed by atoms with Gasteiger partial charge in [-0.25, -0.2) is 9.59 Å². The number of halogens is 1. The Kier molecular flexibility index (Phi) is 49.2. The molecule has 0 saturated heterocycles. The van der Waals surface area contributed by atoms with Gasteiger partial charge in [0, 0.05) is 38.8 Å². The van der Waals surface area contributed by atoms with E-state index in [1.165, 1.54) is 183 Å². The predicted molar refractivity (Wildman–Crippen MR) is 361 cm³/mol. The van der Waals surface area contributed by atoms with E-state index in [-0.39, 0.29) is 55.9 Å². The number of terminal acetylenes is 2. The summed E-state index contributed by atoms with van der Waals surface area (Å²) in [5, 5.41) is 14.4. The molecule has 0 saturated carbocycles. The third-order valence-corrected chi connectivity index (χ3v) is 16.9. The highest BCUT2D eigenvalue weighted by atomic mass is 35.5. The first-order chi connectivity index (χ1) is 43.5. The monoisotopic (exact) mass is 1260 g/mol. The Morgan fingerprint density at radius 3 is 1.17 bits per heavy atom. The maximum Gasteiger partial charge on any atom is 0.413 e. The predicted octanol–water partition coefficient (Wildman–Crippen LogP) is 18.4. The van der Waals surface area contributed by atoms with E-state index in [0.717, 1.165) is 68.9 Å². The van der Waals surface area contributed by atoms with Gasteiger partial charge in [-0.05, 0) is 86.5 Å². The SMILES string of the molecule is C#CCN(C(=O)OCCl)[C@@H]1CCc2ccccc21.C#CCN(C(=O)OCOC(=O)CCCCNC(=O)CCCCCCCCCCCCCCCCC)[C@@H]1CCc2ccccc21.CCCCCCCCCCCCCCCCCC(=O)NCCCCC(=O)O. The second-order valence-corrected chi connectivity index (χ2v) is 24.4. The molecular weight excluding hydrogens is 1140 g/mol. The number of carbonyl (C=O) groups excluding carboxylic acids is 5. The van der Waals surface area contributed by atoms with Crippen LogP contribution in [0.25, 0.3) is 0 Å². The Hall–Kier alpha value is -5.73. The number of nitrogens with zero attached hydrogens (tertiary/aromatic N) is 2. The molecule has 0 bridgehead atoms. The van der Waals surface area contributed by atoms with Crippen molar-refractivity contribution in [3.8, 4) is 24.7 Å². The van der Waals surface area contributed by atoms with Crippen LogP contribution in [0.5, 0.6) is 0 Å². The van der Waals surface area contributed by atoms with Crippen LogP contribution in [0.2, 0.25) is 0 Å². The lowest BCUT2D eigenvalue weighted by Gasteiger charge is -2.27. The van der Waals surface area contributed by atoms with Crippen LogP contribution < -0.4 is 10.6 Å². The van der Waals surface area contributed by atoms with Crippen LogP contribution in [-0.4, -0.2) is 89.9 Å². The normalized spacial score (nSPS) is 13.4. The van der Waals surface area contributed by atoms with Crippen molar-refractivity contribution in [3.05, 3.63) is 70.8 Å². The zero-order valence-electron chi connectivity index (χ0n) is 55.3. The minimum absolute atomic E-state index is 0.00651. The minimum Gasteiger partial charge on any atom is -0.481 e. The highest BCUT2D eigenvalue weighted by Gasteiger charge is 2.32. The molecule has 0 radical (unpaired) electrons. The highest BCUT2D eigenvalue weighted by Crippen LogP contribution is 2.37. The number of rotatable bonds is 49. The molecular formula is C74H117ClN4O10. The summed E-state index contributed by atoms with van der Waals surface area (Å²) in [6, 6.07) is 15.8. The van der Waals surface area contributed by atoms with Crippen LogP contribution in [-0.2, 0) is 46.2 Å². The lowest BCUT2D eigenvalue weighted by molar-refractivity contribution is -0.152. The van der Waals surface area contributed by atoms with Gasteiger partial charge in [0.1, 0.15) is 0 Å². The summed E-state index contributed by atoms with van der Waals surface area (Å²) in [7, 11) is 0. The van der Waals surface area contributed by atoms with Gasteiger partial charge in [0.05, 0.1) is 25.2 Å². The largest absolute Gasteiger partial charge is 0.481 e. The summed E-state index contributed by atoms with van der Waals surface area (Å²) in [4.78, 5) is 73.8. The number of unbranched alkanes of at least 4 members (excludes halogenated alkanes) is 30. The molecule has 2 aliphatic carbocycles. The van der Waals surface area contributed by atoms with E-state index in [0.29, 0.717) is 45.2 Å². The van der Waals surface area contributed by atoms with Crippen LogP contribution in [0.15, 0.2) is 48.5 Å². The number of aryl methyl sites for hydroxylation is 2. The molecule has 89 heavy (non-hydrogen) atoms. The van der Waals surface area contributed by atoms with Crippen molar-refractivity contribution in [2.75, 3.05) is 39.0 Å². The molecule has 500 valence electrons. The van der Waals surface area contributed by atoms with Crippen molar-refractivity contribution in [2.45, 2.75) is 296 Å². The molecule has 0 spiro atoms. The Labute approximate surface area is 543 Å². The average Bonchev–Trinajstić information content (AvgIpc) is 2.16. The molecule has 2 atom stereocenters. The zero-order chi connectivity index (χ0) is 64.6. The number of carboxylic acid groups (broad SMARTS) is 1. The highest BCUT2D eigenvalue weighted by molar-refractivity contribution is 6.17. The number of carboxylic acids is 1.